The molecule has 0 amide bonds. The normalized spacial score (nSPS) is 19.4. The molecule has 112 valence electrons. The summed E-state index contributed by atoms with van der Waals surface area (Å²) in [6, 6.07) is 11.2. The molecule has 2 rings (SSSR count). The Morgan fingerprint density at radius 2 is 1.80 bits per heavy atom. The maximum absolute atomic E-state index is 3.75. The third-order valence-corrected chi connectivity index (χ3v) is 5.11. The van der Waals surface area contributed by atoms with Gasteiger partial charge in [0, 0.05) is 12.0 Å². The molecule has 1 aliphatic carbocycles. The zero-order valence-corrected chi connectivity index (χ0v) is 13.5. The third kappa shape index (κ3) is 3.44. The minimum Gasteiger partial charge on any atom is -0.316 e. The van der Waals surface area contributed by atoms with Crippen LogP contribution in [-0.4, -0.2) is 13.1 Å². The molecule has 0 aromatic heterocycles. The van der Waals surface area contributed by atoms with Crippen LogP contribution in [0.4, 0.5) is 0 Å². The van der Waals surface area contributed by atoms with E-state index in [4.69, 9.17) is 0 Å². The molecule has 0 aliphatic heterocycles. The van der Waals surface area contributed by atoms with Crippen LogP contribution in [0.15, 0.2) is 30.3 Å². The van der Waals surface area contributed by atoms with Crippen LogP contribution < -0.4 is 5.32 Å². The Bertz CT molecular complexity index is 378. The summed E-state index contributed by atoms with van der Waals surface area (Å²) in [5.74, 6) is 1.58. The molecule has 1 unspecified atom stereocenters. The monoisotopic (exact) mass is 273 g/mol. The van der Waals surface area contributed by atoms with Crippen LogP contribution in [-0.2, 0) is 5.41 Å². The molecule has 1 N–H and O–H groups in total. The van der Waals surface area contributed by atoms with E-state index in [1.807, 2.05) is 0 Å². The van der Waals surface area contributed by atoms with E-state index in [1.54, 1.807) is 5.56 Å². The highest BCUT2D eigenvalue weighted by atomic mass is 14.9. The highest BCUT2D eigenvalue weighted by Crippen LogP contribution is 2.44. The van der Waals surface area contributed by atoms with Gasteiger partial charge in [0.1, 0.15) is 0 Å². The van der Waals surface area contributed by atoms with Crippen LogP contribution in [0.3, 0.4) is 0 Å². The molecule has 0 spiro atoms. The van der Waals surface area contributed by atoms with Crippen molar-refractivity contribution in [3.05, 3.63) is 35.9 Å². The van der Waals surface area contributed by atoms with Gasteiger partial charge in [0.15, 0.2) is 0 Å². The molecule has 1 nitrogen and oxygen atoms in total. The lowest BCUT2D eigenvalue weighted by atomic mass is 9.67. The smallest absolute Gasteiger partial charge is 0.0103 e. The van der Waals surface area contributed by atoms with Crippen molar-refractivity contribution in [3.63, 3.8) is 0 Å². The summed E-state index contributed by atoms with van der Waals surface area (Å²) >= 11 is 0. The van der Waals surface area contributed by atoms with Gasteiger partial charge in [0.25, 0.3) is 0 Å². The molecule has 0 bridgehead atoms. The maximum Gasteiger partial charge on any atom is 0.0103 e. The number of benzene rings is 1. The molecule has 1 heteroatoms. The SMILES string of the molecule is CCC(CNCC(C)C)(c1ccccc1)C1CCCC1. The van der Waals surface area contributed by atoms with E-state index in [-0.39, 0.29) is 0 Å². The quantitative estimate of drug-likeness (QED) is 0.754. The van der Waals surface area contributed by atoms with Crippen molar-refractivity contribution in [2.75, 3.05) is 13.1 Å². The first kappa shape index (κ1) is 15.6. The summed E-state index contributed by atoms with van der Waals surface area (Å²) in [5.41, 5.74) is 1.89. The largest absolute Gasteiger partial charge is 0.316 e. The van der Waals surface area contributed by atoms with Gasteiger partial charge in [-0.2, -0.15) is 0 Å². The predicted molar refractivity (Wildman–Crippen MR) is 88.1 cm³/mol. The number of nitrogens with one attached hydrogen (secondary N) is 1. The average molecular weight is 273 g/mol. The second-order valence-electron chi connectivity index (χ2n) is 6.88. The molecule has 0 saturated heterocycles. The van der Waals surface area contributed by atoms with Crippen LogP contribution in [0.2, 0.25) is 0 Å². The standard InChI is InChI=1S/C19H31N/c1-4-19(15-20-14-16(2)3,18-12-8-9-13-18)17-10-6-5-7-11-17/h5-7,10-11,16,18,20H,4,8-9,12-15H2,1-3H3. The van der Waals surface area contributed by atoms with Crippen molar-refractivity contribution in [1.29, 1.82) is 0 Å². The minimum absolute atomic E-state index is 0.340. The van der Waals surface area contributed by atoms with E-state index in [0.717, 1.165) is 24.9 Å². The third-order valence-electron chi connectivity index (χ3n) is 5.11. The van der Waals surface area contributed by atoms with E-state index in [1.165, 1.54) is 32.1 Å². The van der Waals surface area contributed by atoms with Gasteiger partial charge in [-0.15, -0.1) is 0 Å². The Morgan fingerprint density at radius 3 is 2.35 bits per heavy atom. The van der Waals surface area contributed by atoms with Crippen LogP contribution in [0.1, 0.15) is 58.4 Å². The Kier molecular flexibility index (Phi) is 5.65. The van der Waals surface area contributed by atoms with Crippen molar-refractivity contribution >= 4 is 0 Å². The summed E-state index contributed by atoms with van der Waals surface area (Å²) in [7, 11) is 0. The van der Waals surface area contributed by atoms with Crippen LogP contribution in [0.5, 0.6) is 0 Å². The Morgan fingerprint density at radius 1 is 1.15 bits per heavy atom. The zero-order chi connectivity index (χ0) is 14.4. The summed E-state index contributed by atoms with van der Waals surface area (Å²) in [4.78, 5) is 0. The second-order valence-corrected chi connectivity index (χ2v) is 6.88. The summed E-state index contributed by atoms with van der Waals surface area (Å²) in [6.07, 6.45) is 6.90. The maximum atomic E-state index is 3.75. The van der Waals surface area contributed by atoms with Crippen molar-refractivity contribution in [2.24, 2.45) is 11.8 Å². The van der Waals surface area contributed by atoms with Gasteiger partial charge in [0.05, 0.1) is 0 Å². The average Bonchev–Trinajstić information content (AvgIpc) is 2.99. The lowest BCUT2D eigenvalue weighted by Crippen LogP contribution is -2.44. The zero-order valence-electron chi connectivity index (χ0n) is 13.5. The van der Waals surface area contributed by atoms with Gasteiger partial charge in [-0.1, -0.05) is 63.9 Å². The van der Waals surface area contributed by atoms with E-state index in [0.29, 0.717) is 5.41 Å². The van der Waals surface area contributed by atoms with Gasteiger partial charge in [-0.05, 0) is 43.2 Å². The first-order chi connectivity index (χ1) is 9.69. The van der Waals surface area contributed by atoms with E-state index < -0.39 is 0 Å². The van der Waals surface area contributed by atoms with E-state index in [9.17, 15) is 0 Å². The fraction of sp³-hybridized carbons (Fsp3) is 0.684. The Balaban J connectivity index is 2.21. The van der Waals surface area contributed by atoms with Crippen LogP contribution in [0.25, 0.3) is 0 Å². The first-order valence-electron chi connectivity index (χ1n) is 8.45. The molecule has 0 heterocycles. The van der Waals surface area contributed by atoms with Gasteiger partial charge in [-0.3, -0.25) is 0 Å². The number of hydrogen-bond acceptors (Lipinski definition) is 1. The summed E-state index contributed by atoms with van der Waals surface area (Å²) in [5, 5.41) is 3.75. The summed E-state index contributed by atoms with van der Waals surface area (Å²) < 4.78 is 0. The fourth-order valence-corrected chi connectivity index (χ4v) is 3.93. The molecule has 1 fully saturated rings. The topological polar surface area (TPSA) is 12.0 Å². The molecule has 1 saturated carbocycles. The van der Waals surface area contributed by atoms with Crippen molar-refractivity contribution in [2.45, 2.75) is 58.3 Å². The van der Waals surface area contributed by atoms with Crippen molar-refractivity contribution < 1.29 is 0 Å². The second kappa shape index (κ2) is 7.26. The number of rotatable bonds is 7. The fourth-order valence-electron chi connectivity index (χ4n) is 3.93. The lowest BCUT2D eigenvalue weighted by molar-refractivity contribution is 0.246. The van der Waals surface area contributed by atoms with Gasteiger partial charge < -0.3 is 5.32 Å². The number of hydrogen-bond donors (Lipinski definition) is 1. The predicted octanol–water partition coefficient (Wildman–Crippen LogP) is 4.77. The van der Waals surface area contributed by atoms with Crippen molar-refractivity contribution in [1.82, 2.24) is 5.32 Å². The van der Waals surface area contributed by atoms with Crippen LogP contribution >= 0.6 is 0 Å². The first-order valence-corrected chi connectivity index (χ1v) is 8.45. The van der Waals surface area contributed by atoms with Gasteiger partial charge in [-0.25, -0.2) is 0 Å². The molecule has 1 aromatic rings. The van der Waals surface area contributed by atoms with Gasteiger partial charge >= 0.3 is 0 Å². The Hall–Kier alpha value is -0.820. The van der Waals surface area contributed by atoms with Gasteiger partial charge in [0.2, 0.25) is 0 Å². The molecule has 1 aromatic carbocycles. The molecular weight excluding hydrogens is 242 g/mol. The van der Waals surface area contributed by atoms with E-state index in [2.05, 4.69) is 56.4 Å². The highest BCUT2D eigenvalue weighted by Gasteiger charge is 2.39. The molecule has 1 aliphatic rings. The lowest BCUT2D eigenvalue weighted by Gasteiger charge is -2.40. The minimum atomic E-state index is 0.340. The summed E-state index contributed by atoms with van der Waals surface area (Å²) in [6.45, 7) is 9.22. The van der Waals surface area contributed by atoms with E-state index >= 15 is 0 Å². The molecular formula is C19H31N. The molecule has 0 radical (unpaired) electrons. The molecule has 20 heavy (non-hydrogen) atoms. The van der Waals surface area contributed by atoms with Crippen LogP contribution in [0, 0.1) is 11.8 Å². The highest BCUT2D eigenvalue weighted by molar-refractivity contribution is 5.27. The van der Waals surface area contributed by atoms with Crippen molar-refractivity contribution in [3.8, 4) is 0 Å². The molecule has 1 atom stereocenters. The Labute approximate surface area is 125 Å².